The Hall–Kier alpha value is -3.74. The highest BCUT2D eigenvalue weighted by Crippen LogP contribution is 2.30. The van der Waals surface area contributed by atoms with Gasteiger partial charge in [-0.05, 0) is 36.8 Å². The number of aromatic nitrogens is 2. The predicted octanol–water partition coefficient (Wildman–Crippen LogP) is 4.17. The molecule has 4 rings (SSSR count). The van der Waals surface area contributed by atoms with E-state index in [0.717, 1.165) is 33.4 Å². The van der Waals surface area contributed by atoms with Crippen LogP contribution in [-0.2, 0) is 4.79 Å². The van der Waals surface area contributed by atoms with Crippen molar-refractivity contribution in [2.75, 3.05) is 10.7 Å². The van der Waals surface area contributed by atoms with Crippen LogP contribution in [0.5, 0.6) is 0 Å². The SMILES string of the molecule is CC(=O)Nc1cccc(/C(C)=N/Nc2ncnc3c2oc2ccccc23)c1. The molecule has 0 atom stereocenters. The highest BCUT2D eigenvalue weighted by molar-refractivity contribution is 6.06. The lowest BCUT2D eigenvalue weighted by Crippen LogP contribution is -2.07. The number of rotatable bonds is 4. The number of para-hydroxylation sites is 1. The number of furan rings is 1. The Labute approximate surface area is 155 Å². The van der Waals surface area contributed by atoms with Gasteiger partial charge in [0.1, 0.15) is 17.4 Å². The van der Waals surface area contributed by atoms with Crippen LogP contribution in [0, 0.1) is 0 Å². The van der Waals surface area contributed by atoms with Gasteiger partial charge in [0.15, 0.2) is 11.4 Å². The zero-order valence-corrected chi connectivity index (χ0v) is 14.9. The van der Waals surface area contributed by atoms with Crippen LogP contribution in [0.15, 0.2) is 64.4 Å². The summed E-state index contributed by atoms with van der Waals surface area (Å²) >= 11 is 0. The first-order chi connectivity index (χ1) is 13.1. The molecule has 0 saturated heterocycles. The van der Waals surface area contributed by atoms with E-state index in [1.165, 1.54) is 13.3 Å². The lowest BCUT2D eigenvalue weighted by Gasteiger charge is -2.06. The van der Waals surface area contributed by atoms with Crippen molar-refractivity contribution in [3.8, 4) is 0 Å². The smallest absolute Gasteiger partial charge is 0.221 e. The summed E-state index contributed by atoms with van der Waals surface area (Å²) in [7, 11) is 0. The third-order valence-corrected chi connectivity index (χ3v) is 4.09. The van der Waals surface area contributed by atoms with E-state index in [4.69, 9.17) is 4.42 Å². The maximum Gasteiger partial charge on any atom is 0.221 e. The fraction of sp³-hybridized carbons (Fsp3) is 0.100. The molecule has 4 aromatic rings. The van der Waals surface area contributed by atoms with Crippen LogP contribution in [0.1, 0.15) is 19.4 Å². The summed E-state index contributed by atoms with van der Waals surface area (Å²) in [5.74, 6) is 0.377. The Morgan fingerprint density at radius 2 is 1.93 bits per heavy atom. The van der Waals surface area contributed by atoms with Crippen LogP contribution in [0.3, 0.4) is 0 Å². The molecule has 27 heavy (non-hydrogen) atoms. The molecule has 2 heterocycles. The van der Waals surface area contributed by atoms with Gasteiger partial charge in [0.2, 0.25) is 5.91 Å². The summed E-state index contributed by atoms with van der Waals surface area (Å²) in [6.07, 6.45) is 1.48. The molecule has 0 fully saturated rings. The molecule has 7 nitrogen and oxygen atoms in total. The second kappa shape index (κ2) is 6.87. The molecule has 134 valence electrons. The Morgan fingerprint density at radius 3 is 2.78 bits per heavy atom. The van der Waals surface area contributed by atoms with E-state index in [-0.39, 0.29) is 5.91 Å². The summed E-state index contributed by atoms with van der Waals surface area (Å²) in [6, 6.07) is 15.2. The topological polar surface area (TPSA) is 92.4 Å². The molecule has 1 amide bonds. The average Bonchev–Trinajstić information content (AvgIpc) is 3.05. The molecular weight excluding hydrogens is 342 g/mol. The maximum absolute atomic E-state index is 11.2. The number of hydrogen-bond acceptors (Lipinski definition) is 6. The fourth-order valence-electron chi connectivity index (χ4n) is 2.83. The zero-order chi connectivity index (χ0) is 18.8. The van der Waals surface area contributed by atoms with Crippen molar-refractivity contribution in [3.05, 3.63) is 60.4 Å². The van der Waals surface area contributed by atoms with Gasteiger partial charge >= 0.3 is 0 Å². The molecule has 0 aliphatic heterocycles. The first-order valence-electron chi connectivity index (χ1n) is 8.42. The number of hydrogen-bond donors (Lipinski definition) is 2. The number of nitrogens with zero attached hydrogens (tertiary/aromatic N) is 3. The van der Waals surface area contributed by atoms with Gasteiger partial charge in [0, 0.05) is 18.0 Å². The molecule has 0 bridgehead atoms. The number of anilines is 2. The summed E-state index contributed by atoms with van der Waals surface area (Å²) in [5.41, 5.74) is 7.35. The van der Waals surface area contributed by atoms with Gasteiger partial charge in [-0.2, -0.15) is 5.10 Å². The number of nitrogens with one attached hydrogen (secondary N) is 2. The number of carbonyl (C=O) groups excluding carboxylic acids is 1. The lowest BCUT2D eigenvalue weighted by molar-refractivity contribution is -0.114. The molecule has 2 aromatic heterocycles. The molecule has 7 heteroatoms. The number of fused-ring (bicyclic) bond motifs is 3. The lowest BCUT2D eigenvalue weighted by atomic mass is 10.1. The van der Waals surface area contributed by atoms with Gasteiger partial charge in [0.25, 0.3) is 0 Å². The summed E-state index contributed by atoms with van der Waals surface area (Å²) in [4.78, 5) is 19.8. The molecule has 0 aliphatic rings. The van der Waals surface area contributed by atoms with Crippen LogP contribution in [-0.4, -0.2) is 21.6 Å². The van der Waals surface area contributed by atoms with E-state index in [9.17, 15) is 4.79 Å². The van der Waals surface area contributed by atoms with Crippen LogP contribution in [0.2, 0.25) is 0 Å². The molecule has 0 radical (unpaired) electrons. The summed E-state index contributed by atoms with van der Waals surface area (Å²) < 4.78 is 5.88. The van der Waals surface area contributed by atoms with Gasteiger partial charge in [-0.1, -0.05) is 24.3 Å². The number of carbonyl (C=O) groups is 1. The summed E-state index contributed by atoms with van der Waals surface area (Å²) in [5, 5.41) is 8.10. The van der Waals surface area contributed by atoms with Crippen molar-refractivity contribution in [3.63, 3.8) is 0 Å². The Bertz CT molecular complexity index is 1180. The molecule has 0 aliphatic carbocycles. The molecule has 0 saturated carbocycles. The van der Waals surface area contributed by atoms with Crippen LogP contribution in [0.25, 0.3) is 22.1 Å². The monoisotopic (exact) mass is 359 g/mol. The van der Waals surface area contributed by atoms with Gasteiger partial charge in [-0.15, -0.1) is 0 Å². The normalized spacial score (nSPS) is 11.7. The van der Waals surface area contributed by atoms with Crippen LogP contribution >= 0.6 is 0 Å². The van der Waals surface area contributed by atoms with Gasteiger partial charge in [-0.25, -0.2) is 9.97 Å². The van der Waals surface area contributed by atoms with E-state index in [0.29, 0.717) is 11.4 Å². The first-order valence-corrected chi connectivity index (χ1v) is 8.42. The zero-order valence-electron chi connectivity index (χ0n) is 14.9. The van der Waals surface area contributed by atoms with Crippen LogP contribution in [0.4, 0.5) is 11.5 Å². The second-order valence-electron chi connectivity index (χ2n) is 6.07. The largest absolute Gasteiger partial charge is 0.450 e. The van der Waals surface area contributed by atoms with Crippen molar-refractivity contribution in [2.45, 2.75) is 13.8 Å². The molecule has 0 spiro atoms. The van der Waals surface area contributed by atoms with Crippen molar-refractivity contribution in [2.24, 2.45) is 5.10 Å². The van der Waals surface area contributed by atoms with Crippen molar-refractivity contribution >= 4 is 45.2 Å². The summed E-state index contributed by atoms with van der Waals surface area (Å²) in [6.45, 7) is 3.35. The Balaban J connectivity index is 1.65. The number of benzene rings is 2. The first kappa shape index (κ1) is 16.7. The standard InChI is InChI=1S/C20H17N5O2/c1-12(14-6-5-7-15(10-14)23-13(2)26)24-25-20-19-18(21-11-22-20)16-8-3-4-9-17(16)27-19/h3-11H,1-2H3,(H,23,26)(H,21,22,25)/b24-12+. The molecule has 2 aromatic carbocycles. The molecule has 0 unspecified atom stereocenters. The van der Waals surface area contributed by atoms with Gasteiger partial charge < -0.3 is 9.73 Å². The highest BCUT2D eigenvalue weighted by Gasteiger charge is 2.12. The predicted molar refractivity (Wildman–Crippen MR) is 106 cm³/mol. The van der Waals surface area contributed by atoms with Crippen molar-refractivity contribution in [1.82, 2.24) is 9.97 Å². The Kier molecular flexibility index (Phi) is 4.25. The van der Waals surface area contributed by atoms with E-state index in [2.05, 4.69) is 25.8 Å². The maximum atomic E-state index is 11.2. The number of hydrazone groups is 1. The molecular formula is C20H17N5O2. The van der Waals surface area contributed by atoms with Crippen LogP contribution < -0.4 is 10.7 Å². The fourth-order valence-corrected chi connectivity index (χ4v) is 2.83. The van der Waals surface area contributed by atoms with Gasteiger partial charge in [-0.3, -0.25) is 10.2 Å². The minimum absolute atomic E-state index is 0.117. The Morgan fingerprint density at radius 1 is 1.07 bits per heavy atom. The third-order valence-electron chi connectivity index (χ3n) is 4.09. The van der Waals surface area contributed by atoms with Crippen molar-refractivity contribution in [1.29, 1.82) is 0 Å². The molecule has 2 N–H and O–H groups in total. The third kappa shape index (κ3) is 3.35. The number of amides is 1. The quantitative estimate of drug-likeness (QED) is 0.421. The van der Waals surface area contributed by atoms with E-state index < -0.39 is 0 Å². The van der Waals surface area contributed by atoms with E-state index in [1.54, 1.807) is 0 Å². The minimum atomic E-state index is -0.117. The van der Waals surface area contributed by atoms with E-state index in [1.807, 2.05) is 55.5 Å². The van der Waals surface area contributed by atoms with Crippen molar-refractivity contribution < 1.29 is 9.21 Å². The highest BCUT2D eigenvalue weighted by atomic mass is 16.3. The van der Waals surface area contributed by atoms with E-state index >= 15 is 0 Å². The average molecular weight is 359 g/mol. The van der Waals surface area contributed by atoms with Gasteiger partial charge in [0.05, 0.1) is 5.71 Å². The second-order valence-corrected chi connectivity index (χ2v) is 6.07. The minimum Gasteiger partial charge on any atom is -0.450 e.